The number of aliphatic hydroxyl groups is 2. The zero-order valence-electron chi connectivity index (χ0n) is 10.2. The monoisotopic (exact) mass is 256 g/mol. The van der Waals surface area contributed by atoms with Crippen LogP contribution in [-0.4, -0.2) is 38.1 Å². The SMILES string of the molecule is CCc1cn(C2O[C@H](C)[C@@H](O)[C@H]2O)c(=O)[nH]c1=O. The highest BCUT2D eigenvalue weighted by Crippen LogP contribution is 2.27. The third-order valence-electron chi connectivity index (χ3n) is 3.17. The van der Waals surface area contributed by atoms with E-state index in [1.165, 1.54) is 6.20 Å². The van der Waals surface area contributed by atoms with E-state index < -0.39 is 35.8 Å². The Balaban J connectivity index is 2.46. The van der Waals surface area contributed by atoms with Gasteiger partial charge in [-0.2, -0.15) is 0 Å². The molecule has 0 spiro atoms. The number of rotatable bonds is 2. The number of hydrogen-bond donors (Lipinski definition) is 3. The summed E-state index contributed by atoms with van der Waals surface area (Å²) in [6.45, 7) is 3.38. The predicted molar refractivity (Wildman–Crippen MR) is 62.3 cm³/mol. The standard InChI is InChI=1S/C11H16N2O5/c1-3-6-4-13(11(17)12-9(6)16)10-8(15)7(14)5(2)18-10/h4-5,7-8,10,14-15H,3H2,1-2H3,(H,12,16,17)/t5-,7-,8-,10?/m1/s1. The number of aromatic nitrogens is 2. The summed E-state index contributed by atoms with van der Waals surface area (Å²) in [7, 11) is 0. The minimum atomic E-state index is -1.20. The molecule has 2 rings (SSSR count). The number of aliphatic hydroxyl groups excluding tert-OH is 2. The van der Waals surface area contributed by atoms with Crippen LogP contribution < -0.4 is 11.2 Å². The van der Waals surface area contributed by atoms with Crippen LogP contribution in [0.2, 0.25) is 0 Å². The van der Waals surface area contributed by atoms with Gasteiger partial charge in [0.2, 0.25) is 0 Å². The average molecular weight is 256 g/mol. The lowest BCUT2D eigenvalue weighted by atomic mass is 10.1. The van der Waals surface area contributed by atoms with E-state index in [-0.39, 0.29) is 0 Å². The summed E-state index contributed by atoms with van der Waals surface area (Å²) in [5.41, 5.74) is -0.693. The summed E-state index contributed by atoms with van der Waals surface area (Å²) >= 11 is 0. The van der Waals surface area contributed by atoms with Gasteiger partial charge in [0.15, 0.2) is 6.23 Å². The second-order valence-corrected chi connectivity index (χ2v) is 4.39. The molecule has 1 aromatic rings. The molecule has 1 aliphatic heterocycles. The highest BCUT2D eigenvalue weighted by Gasteiger charge is 2.41. The molecule has 7 nitrogen and oxygen atoms in total. The highest BCUT2D eigenvalue weighted by atomic mass is 16.6. The fraction of sp³-hybridized carbons (Fsp3) is 0.636. The van der Waals surface area contributed by atoms with E-state index in [0.717, 1.165) is 4.57 Å². The fourth-order valence-electron chi connectivity index (χ4n) is 2.03. The Kier molecular flexibility index (Phi) is 3.38. The lowest BCUT2D eigenvalue weighted by Crippen LogP contribution is -2.38. The van der Waals surface area contributed by atoms with Gasteiger partial charge < -0.3 is 14.9 Å². The van der Waals surface area contributed by atoms with Crippen LogP contribution in [0, 0.1) is 0 Å². The normalized spacial score (nSPS) is 31.8. The largest absolute Gasteiger partial charge is 0.388 e. The minimum absolute atomic E-state index is 0.416. The van der Waals surface area contributed by atoms with Crippen molar-refractivity contribution in [3.8, 4) is 0 Å². The molecule has 0 amide bonds. The molecule has 1 fully saturated rings. The van der Waals surface area contributed by atoms with Crippen molar-refractivity contribution in [3.63, 3.8) is 0 Å². The first-order valence-corrected chi connectivity index (χ1v) is 5.81. The van der Waals surface area contributed by atoms with E-state index in [4.69, 9.17) is 4.74 Å². The van der Waals surface area contributed by atoms with Gasteiger partial charge in [-0.15, -0.1) is 0 Å². The lowest BCUT2D eigenvalue weighted by Gasteiger charge is -2.17. The number of ether oxygens (including phenoxy) is 1. The van der Waals surface area contributed by atoms with Gasteiger partial charge in [-0.25, -0.2) is 4.79 Å². The van der Waals surface area contributed by atoms with Crippen LogP contribution in [0.25, 0.3) is 0 Å². The van der Waals surface area contributed by atoms with Crippen molar-refractivity contribution in [2.24, 2.45) is 0 Å². The summed E-state index contributed by atoms with van der Waals surface area (Å²) in [4.78, 5) is 25.3. The van der Waals surface area contributed by atoms with Crippen LogP contribution in [-0.2, 0) is 11.2 Å². The summed E-state index contributed by atoms with van der Waals surface area (Å²) in [5.74, 6) is 0. The van der Waals surface area contributed by atoms with E-state index >= 15 is 0 Å². The zero-order valence-corrected chi connectivity index (χ0v) is 10.2. The first-order valence-electron chi connectivity index (χ1n) is 5.81. The summed E-state index contributed by atoms with van der Waals surface area (Å²) in [6.07, 6.45) is -2.00. The molecule has 18 heavy (non-hydrogen) atoms. The van der Waals surface area contributed by atoms with Crippen molar-refractivity contribution in [2.45, 2.75) is 44.8 Å². The lowest BCUT2D eigenvalue weighted by molar-refractivity contribution is -0.0352. The number of aryl methyl sites for hydroxylation is 1. The van der Waals surface area contributed by atoms with Gasteiger partial charge >= 0.3 is 5.69 Å². The molecule has 1 unspecified atom stereocenters. The zero-order chi connectivity index (χ0) is 13.4. The predicted octanol–water partition coefficient (Wildman–Crippen LogP) is -1.26. The average Bonchev–Trinajstić information content (AvgIpc) is 2.57. The molecule has 7 heteroatoms. The first-order chi connectivity index (χ1) is 8.45. The summed E-state index contributed by atoms with van der Waals surface area (Å²) in [5, 5.41) is 19.4. The van der Waals surface area contributed by atoms with E-state index in [2.05, 4.69) is 4.98 Å². The molecular weight excluding hydrogens is 240 g/mol. The Morgan fingerprint density at radius 1 is 1.39 bits per heavy atom. The number of aromatic amines is 1. The molecule has 3 N–H and O–H groups in total. The Labute approximate surface area is 103 Å². The van der Waals surface area contributed by atoms with Crippen molar-refractivity contribution < 1.29 is 14.9 Å². The maximum atomic E-state index is 11.7. The summed E-state index contributed by atoms with van der Waals surface area (Å²) < 4.78 is 6.44. The second kappa shape index (κ2) is 4.68. The topological polar surface area (TPSA) is 105 Å². The number of hydrogen-bond acceptors (Lipinski definition) is 5. The third kappa shape index (κ3) is 2.00. The van der Waals surface area contributed by atoms with Crippen LogP contribution >= 0.6 is 0 Å². The molecule has 0 aliphatic carbocycles. The second-order valence-electron chi connectivity index (χ2n) is 4.39. The molecule has 2 heterocycles. The first kappa shape index (κ1) is 13.0. The fourth-order valence-corrected chi connectivity index (χ4v) is 2.03. The number of nitrogens with zero attached hydrogens (tertiary/aromatic N) is 1. The quantitative estimate of drug-likeness (QED) is 0.612. The van der Waals surface area contributed by atoms with Gasteiger partial charge in [-0.3, -0.25) is 14.3 Å². The molecule has 1 aliphatic rings. The van der Waals surface area contributed by atoms with Crippen LogP contribution in [0.3, 0.4) is 0 Å². The van der Waals surface area contributed by atoms with Gasteiger partial charge in [-0.1, -0.05) is 6.92 Å². The molecule has 100 valence electrons. The minimum Gasteiger partial charge on any atom is -0.388 e. The maximum absolute atomic E-state index is 11.7. The van der Waals surface area contributed by atoms with Crippen molar-refractivity contribution >= 4 is 0 Å². The van der Waals surface area contributed by atoms with Gasteiger partial charge in [0.25, 0.3) is 5.56 Å². The molecule has 0 aromatic carbocycles. The molecule has 0 saturated carbocycles. The Hall–Kier alpha value is -1.44. The van der Waals surface area contributed by atoms with Crippen molar-refractivity contribution in [1.82, 2.24) is 9.55 Å². The van der Waals surface area contributed by atoms with Crippen LogP contribution in [0.15, 0.2) is 15.8 Å². The maximum Gasteiger partial charge on any atom is 0.330 e. The van der Waals surface area contributed by atoms with Crippen LogP contribution in [0.4, 0.5) is 0 Å². The van der Waals surface area contributed by atoms with Gasteiger partial charge in [0.05, 0.1) is 6.10 Å². The molecule has 1 saturated heterocycles. The molecule has 4 atom stereocenters. The van der Waals surface area contributed by atoms with Crippen molar-refractivity contribution in [2.75, 3.05) is 0 Å². The van der Waals surface area contributed by atoms with Gasteiger partial charge in [0.1, 0.15) is 12.2 Å². The Morgan fingerprint density at radius 3 is 2.56 bits per heavy atom. The molecular formula is C11H16N2O5. The van der Waals surface area contributed by atoms with Crippen LogP contribution in [0.1, 0.15) is 25.6 Å². The number of nitrogens with one attached hydrogen (secondary N) is 1. The number of H-pyrrole nitrogens is 1. The molecule has 0 radical (unpaired) electrons. The summed E-state index contributed by atoms with van der Waals surface area (Å²) in [6, 6.07) is 0. The van der Waals surface area contributed by atoms with E-state index in [1.807, 2.05) is 0 Å². The Morgan fingerprint density at radius 2 is 2.06 bits per heavy atom. The van der Waals surface area contributed by atoms with E-state index in [1.54, 1.807) is 13.8 Å². The van der Waals surface area contributed by atoms with Crippen LogP contribution in [0.5, 0.6) is 0 Å². The van der Waals surface area contributed by atoms with Gasteiger partial charge in [-0.05, 0) is 13.3 Å². The van der Waals surface area contributed by atoms with Crippen molar-refractivity contribution in [3.05, 3.63) is 32.6 Å². The Bertz CT molecular complexity index is 549. The van der Waals surface area contributed by atoms with Crippen molar-refractivity contribution in [1.29, 1.82) is 0 Å². The third-order valence-corrected chi connectivity index (χ3v) is 3.17. The molecule has 0 bridgehead atoms. The van der Waals surface area contributed by atoms with E-state index in [0.29, 0.717) is 12.0 Å². The highest BCUT2D eigenvalue weighted by molar-refractivity contribution is 5.05. The smallest absolute Gasteiger partial charge is 0.330 e. The van der Waals surface area contributed by atoms with Gasteiger partial charge in [0, 0.05) is 11.8 Å². The molecule has 1 aromatic heterocycles. The van der Waals surface area contributed by atoms with E-state index in [9.17, 15) is 19.8 Å².